The van der Waals surface area contributed by atoms with Gasteiger partial charge in [0.05, 0.1) is 11.6 Å². The maximum Gasteiger partial charge on any atom is 0.0637 e. The smallest absolute Gasteiger partial charge is 0.0637 e. The number of nitrogens with zero attached hydrogens (tertiary/aromatic N) is 1. The van der Waals surface area contributed by atoms with Crippen LogP contribution in [0, 0.1) is 5.92 Å². The number of halogens is 1. The van der Waals surface area contributed by atoms with E-state index < -0.39 is 0 Å². The van der Waals surface area contributed by atoms with Crippen LogP contribution in [0.15, 0.2) is 18.5 Å². The molecule has 1 fully saturated rings. The molecule has 1 aromatic rings. The van der Waals surface area contributed by atoms with E-state index in [0.29, 0.717) is 10.9 Å². The Labute approximate surface area is 94.6 Å². The third kappa shape index (κ3) is 2.48. The van der Waals surface area contributed by atoms with Gasteiger partial charge in [0.1, 0.15) is 0 Å². The topological polar surface area (TPSA) is 48.1 Å². The minimum atomic E-state index is -0.0409. The van der Waals surface area contributed by atoms with Gasteiger partial charge < -0.3 is 10.5 Å². The molecule has 2 heterocycles. The Balaban J connectivity index is 2.12. The van der Waals surface area contributed by atoms with Gasteiger partial charge in [-0.05, 0) is 24.5 Å². The van der Waals surface area contributed by atoms with E-state index in [2.05, 4.69) is 4.98 Å². The van der Waals surface area contributed by atoms with E-state index in [9.17, 15) is 0 Å². The molecule has 4 heteroatoms. The first kappa shape index (κ1) is 10.9. The van der Waals surface area contributed by atoms with E-state index in [1.807, 2.05) is 6.07 Å². The van der Waals surface area contributed by atoms with Gasteiger partial charge in [-0.2, -0.15) is 0 Å². The Bertz CT molecular complexity index is 326. The molecule has 0 aromatic carbocycles. The standard InChI is InChI=1S/C11H15ClN2O/c12-10-6-14-4-3-9(10)11(13)8-2-1-5-15-7-8/h3-4,6,8,11H,1-2,5,7,13H2. The molecule has 1 aliphatic rings. The van der Waals surface area contributed by atoms with E-state index in [1.54, 1.807) is 12.4 Å². The third-order valence-electron chi connectivity index (χ3n) is 2.87. The van der Waals surface area contributed by atoms with Crippen molar-refractivity contribution < 1.29 is 4.74 Å². The zero-order valence-corrected chi connectivity index (χ0v) is 9.28. The molecule has 1 saturated heterocycles. The van der Waals surface area contributed by atoms with Gasteiger partial charge in [0.2, 0.25) is 0 Å². The molecule has 1 aromatic heterocycles. The van der Waals surface area contributed by atoms with E-state index >= 15 is 0 Å². The summed E-state index contributed by atoms with van der Waals surface area (Å²) >= 11 is 6.06. The number of nitrogens with two attached hydrogens (primary N) is 1. The van der Waals surface area contributed by atoms with Crippen LogP contribution in [0.5, 0.6) is 0 Å². The summed E-state index contributed by atoms with van der Waals surface area (Å²) < 4.78 is 5.43. The summed E-state index contributed by atoms with van der Waals surface area (Å²) in [7, 11) is 0. The number of hydrogen-bond donors (Lipinski definition) is 1. The van der Waals surface area contributed by atoms with Crippen molar-refractivity contribution in [1.82, 2.24) is 4.98 Å². The molecule has 3 nitrogen and oxygen atoms in total. The van der Waals surface area contributed by atoms with Crippen molar-refractivity contribution in [2.75, 3.05) is 13.2 Å². The average Bonchev–Trinajstić information content (AvgIpc) is 2.30. The van der Waals surface area contributed by atoms with Gasteiger partial charge in [0.25, 0.3) is 0 Å². The number of pyridine rings is 1. The Kier molecular flexibility index (Phi) is 3.57. The summed E-state index contributed by atoms with van der Waals surface area (Å²) in [5, 5.41) is 0.649. The Morgan fingerprint density at radius 2 is 2.47 bits per heavy atom. The average molecular weight is 227 g/mol. The molecule has 0 amide bonds. The van der Waals surface area contributed by atoms with Gasteiger partial charge >= 0.3 is 0 Å². The van der Waals surface area contributed by atoms with Crippen LogP contribution in [-0.4, -0.2) is 18.2 Å². The van der Waals surface area contributed by atoms with Crippen LogP contribution >= 0.6 is 11.6 Å². The van der Waals surface area contributed by atoms with E-state index in [-0.39, 0.29) is 6.04 Å². The fourth-order valence-electron chi connectivity index (χ4n) is 1.96. The Morgan fingerprint density at radius 1 is 1.60 bits per heavy atom. The molecule has 0 bridgehead atoms. The second-order valence-corrected chi connectivity index (χ2v) is 4.31. The van der Waals surface area contributed by atoms with Crippen LogP contribution in [0.25, 0.3) is 0 Å². The number of ether oxygens (including phenoxy) is 1. The SMILES string of the molecule is NC(c1ccncc1Cl)C1CCCOC1. The second kappa shape index (κ2) is 4.92. The second-order valence-electron chi connectivity index (χ2n) is 3.90. The zero-order valence-electron chi connectivity index (χ0n) is 8.53. The van der Waals surface area contributed by atoms with Gasteiger partial charge in [-0.15, -0.1) is 0 Å². The monoisotopic (exact) mass is 226 g/mol. The molecule has 2 rings (SSSR count). The molecule has 0 radical (unpaired) electrons. The van der Waals surface area contributed by atoms with Crippen LogP contribution in [-0.2, 0) is 4.74 Å². The van der Waals surface area contributed by atoms with Crippen LogP contribution in [0.4, 0.5) is 0 Å². The Morgan fingerprint density at radius 3 is 3.13 bits per heavy atom. The lowest BCUT2D eigenvalue weighted by Gasteiger charge is -2.28. The van der Waals surface area contributed by atoms with Crippen molar-refractivity contribution in [3.05, 3.63) is 29.0 Å². The third-order valence-corrected chi connectivity index (χ3v) is 3.18. The van der Waals surface area contributed by atoms with E-state index in [4.69, 9.17) is 22.1 Å². The van der Waals surface area contributed by atoms with Gasteiger partial charge in [-0.3, -0.25) is 4.98 Å². The molecule has 15 heavy (non-hydrogen) atoms. The number of aromatic nitrogens is 1. The van der Waals surface area contributed by atoms with Gasteiger partial charge in [-0.1, -0.05) is 11.6 Å². The summed E-state index contributed by atoms with van der Waals surface area (Å²) in [4.78, 5) is 3.95. The number of hydrogen-bond acceptors (Lipinski definition) is 3. The molecule has 0 aliphatic carbocycles. The van der Waals surface area contributed by atoms with Gasteiger partial charge in [-0.25, -0.2) is 0 Å². The van der Waals surface area contributed by atoms with E-state index in [0.717, 1.165) is 31.6 Å². The van der Waals surface area contributed by atoms with Crippen molar-refractivity contribution >= 4 is 11.6 Å². The van der Waals surface area contributed by atoms with Crippen LogP contribution in [0.2, 0.25) is 5.02 Å². The quantitative estimate of drug-likeness (QED) is 0.841. The molecular formula is C11H15ClN2O. The lowest BCUT2D eigenvalue weighted by atomic mass is 9.90. The van der Waals surface area contributed by atoms with Crippen molar-refractivity contribution in [2.45, 2.75) is 18.9 Å². The summed E-state index contributed by atoms with van der Waals surface area (Å²) in [6, 6.07) is 1.85. The lowest BCUT2D eigenvalue weighted by Crippen LogP contribution is -2.29. The van der Waals surface area contributed by atoms with Crippen LogP contribution in [0.1, 0.15) is 24.4 Å². The molecule has 2 N–H and O–H groups in total. The predicted octanol–water partition coefficient (Wildman–Crippen LogP) is 2.16. The minimum absolute atomic E-state index is 0.0409. The minimum Gasteiger partial charge on any atom is -0.381 e. The highest BCUT2D eigenvalue weighted by atomic mass is 35.5. The Hall–Kier alpha value is -0.640. The highest BCUT2D eigenvalue weighted by molar-refractivity contribution is 6.31. The molecule has 82 valence electrons. The summed E-state index contributed by atoms with van der Waals surface area (Å²) in [5.74, 6) is 0.374. The molecule has 1 aliphatic heterocycles. The molecule has 2 atom stereocenters. The highest BCUT2D eigenvalue weighted by Gasteiger charge is 2.23. The van der Waals surface area contributed by atoms with Crippen LogP contribution < -0.4 is 5.73 Å². The van der Waals surface area contributed by atoms with Crippen molar-refractivity contribution in [3.63, 3.8) is 0 Å². The predicted molar refractivity (Wildman–Crippen MR) is 59.7 cm³/mol. The fourth-order valence-corrected chi connectivity index (χ4v) is 2.20. The molecule has 2 unspecified atom stereocenters. The van der Waals surface area contributed by atoms with Crippen LogP contribution in [0.3, 0.4) is 0 Å². The maximum absolute atomic E-state index is 6.18. The summed E-state index contributed by atoms with van der Waals surface area (Å²) in [6.45, 7) is 1.59. The van der Waals surface area contributed by atoms with E-state index in [1.165, 1.54) is 0 Å². The molecular weight excluding hydrogens is 212 g/mol. The number of rotatable bonds is 2. The molecule has 0 spiro atoms. The van der Waals surface area contributed by atoms with Crippen molar-refractivity contribution in [2.24, 2.45) is 11.7 Å². The zero-order chi connectivity index (χ0) is 10.7. The first-order valence-corrected chi connectivity index (χ1v) is 5.59. The first-order chi connectivity index (χ1) is 7.29. The van der Waals surface area contributed by atoms with Gasteiger partial charge in [0, 0.05) is 31.0 Å². The normalized spacial score (nSPS) is 23.7. The van der Waals surface area contributed by atoms with Gasteiger partial charge in [0.15, 0.2) is 0 Å². The summed E-state index contributed by atoms with van der Waals surface area (Å²) in [5.41, 5.74) is 7.15. The maximum atomic E-state index is 6.18. The largest absolute Gasteiger partial charge is 0.381 e. The first-order valence-electron chi connectivity index (χ1n) is 5.22. The fraction of sp³-hybridized carbons (Fsp3) is 0.545. The van der Waals surface area contributed by atoms with Crippen molar-refractivity contribution in [1.29, 1.82) is 0 Å². The summed E-state index contributed by atoms with van der Waals surface area (Å²) in [6.07, 6.45) is 5.56. The molecule has 0 saturated carbocycles. The highest BCUT2D eigenvalue weighted by Crippen LogP contribution is 2.30. The lowest BCUT2D eigenvalue weighted by molar-refractivity contribution is 0.0448. The van der Waals surface area contributed by atoms with Crippen molar-refractivity contribution in [3.8, 4) is 0 Å².